The van der Waals surface area contributed by atoms with Crippen molar-refractivity contribution < 1.29 is 32.6 Å². The van der Waals surface area contributed by atoms with E-state index < -0.39 is 35.2 Å². The monoisotopic (exact) mass is 481 g/mol. The summed E-state index contributed by atoms with van der Waals surface area (Å²) in [4.78, 5) is 27.5. The van der Waals surface area contributed by atoms with E-state index in [9.17, 15) is 27.9 Å². The molecule has 1 N–H and O–H groups in total. The molecule has 0 saturated carbocycles. The predicted molar refractivity (Wildman–Crippen MR) is 125 cm³/mol. The molecule has 1 aliphatic rings. The maximum absolute atomic E-state index is 13.2. The minimum Gasteiger partial charge on any atom is -0.507 e. The first kappa shape index (κ1) is 24.1. The van der Waals surface area contributed by atoms with E-state index in [2.05, 4.69) is 0 Å². The van der Waals surface area contributed by atoms with E-state index in [-0.39, 0.29) is 16.8 Å². The number of carbonyl (C=O) groups excluding carboxylic acids is 2. The number of aliphatic hydroxyl groups is 1. The van der Waals surface area contributed by atoms with Crippen molar-refractivity contribution >= 4 is 23.1 Å². The average Bonchev–Trinajstić information content (AvgIpc) is 3.09. The van der Waals surface area contributed by atoms with Crippen LogP contribution in [0.3, 0.4) is 0 Å². The minimum absolute atomic E-state index is 0.107. The van der Waals surface area contributed by atoms with Gasteiger partial charge >= 0.3 is 6.18 Å². The van der Waals surface area contributed by atoms with Crippen LogP contribution in [0.4, 0.5) is 18.9 Å². The van der Waals surface area contributed by atoms with Crippen LogP contribution >= 0.6 is 0 Å². The number of amides is 1. The van der Waals surface area contributed by atoms with Crippen molar-refractivity contribution in [2.75, 3.05) is 11.5 Å². The van der Waals surface area contributed by atoms with Crippen molar-refractivity contribution in [3.8, 4) is 5.75 Å². The third-order valence-electron chi connectivity index (χ3n) is 5.82. The van der Waals surface area contributed by atoms with Crippen molar-refractivity contribution in [3.05, 3.63) is 101 Å². The summed E-state index contributed by atoms with van der Waals surface area (Å²) < 4.78 is 44.7. The number of alkyl halides is 3. The van der Waals surface area contributed by atoms with E-state index in [0.717, 1.165) is 34.7 Å². The lowest BCUT2D eigenvalue weighted by Crippen LogP contribution is -2.29. The highest BCUT2D eigenvalue weighted by Gasteiger charge is 2.47. The molecule has 0 spiro atoms. The van der Waals surface area contributed by atoms with Crippen LogP contribution in [0, 0.1) is 6.92 Å². The van der Waals surface area contributed by atoms with Crippen molar-refractivity contribution in [3.63, 3.8) is 0 Å². The summed E-state index contributed by atoms with van der Waals surface area (Å²) in [5.74, 6) is -1.80. The molecule has 1 atom stereocenters. The SMILES string of the molecule is CCOc1cccc(/C(O)=C2\C(=O)C(=O)N(c3ccc(C(F)(F)F)cc3)C2c2ccccc2C)c1. The van der Waals surface area contributed by atoms with E-state index in [4.69, 9.17) is 4.74 Å². The van der Waals surface area contributed by atoms with Crippen LogP contribution in [0.15, 0.2) is 78.4 Å². The number of Topliss-reactive ketones (excluding diaryl/α,β-unsaturated/α-hetero) is 1. The first-order valence-corrected chi connectivity index (χ1v) is 10.9. The first-order valence-electron chi connectivity index (χ1n) is 10.9. The lowest BCUT2D eigenvalue weighted by atomic mass is 9.92. The zero-order chi connectivity index (χ0) is 25.3. The second-order valence-corrected chi connectivity index (χ2v) is 8.03. The number of benzene rings is 3. The molecule has 0 radical (unpaired) electrons. The van der Waals surface area contributed by atoms with Gasteiger partial charge in [-0.15, -0.1) is 0 Å². The highest BCUT2D eigenvalue weighted by atomic mass is 19.4. The van der Waals surface area contributed by atoms with Crippen LogP contribution in [0.5, 0.6) is 5.75 Å². The molecule has 0 aromatic heterocycles. The fourth-order valence-electron chi connectivity index (χ4n) is 4.15. The number of halogens is 3. The Kier molecular flexibility index (Phi) is 6.39. The standard InChI is InChI=1S/C27H22F3NO4/c1-3-35-20-9-6-8-17(15-20)24(32)22-23(21-10-5-4-7-16(21)2)31(26(34)25(22)33)19-13-11-18(12-14-19)27(28,29)30/h4-15,23,32H,3H2,1-2H3/b24-22+. The number of anilines is 1. The molecule has 35 heavy (non-hydrogen) atoms. The van der Waals surface area contributed by atoms with Crippen LogP contribution in [0.25, 0.3) is 5.76 Å². The zero-order valence-corrected chi connectivity index (χ0v) is 19.0. The normalized spacial score (nSPS) is 17.6. The Labute approximate surface area is 200 Å². The molecule has 8 heteroatoms. The molecule has 1 unspecified atom stereocenters. The minimum atomic E-state index is -4.55. The van der Waals surface area contributed by atoms with Crippen LogP contribution in [0.2, 0.25) is 0 Å². The Balaban J connectivity index is 1.91. The summed E-state index contributed by atoms with van der Waals surface area (Å²) in [5.41, 5.74) is 0.658. The Morgan fingerprint density at radius 3 is 2.31 bits per heavy atom. The van der Waals surface area contributed by atoms with Crippen LogP contribution in [-0.4, -0.2) is 23.4 Å². The van der Waals surface area contributed by atoms with Gasteiger partial charge in [0.1, 0.15) is 11.5 Å². The summed E-state index contributed by atoms with van der Waals surface area (Å²) in [7, 11) is 0. The Hall–Kier alpha value is -4.07. The molecule has 1 aliphatic heterocycles. The molecule has 1 saturated heterocycles. The summed E-state index contributed by atoms with van der Waals surface area (Å²) in [5, 5.41) is 11.2. The van der Waals surface area contributed by atoms with Crippen LogP contribution < -0.4 is 9.64 Å². The quantitative estimate of drug-likeness (QED) is 0.274. The summed E-state index contributed by atoms with van der Waals surface area (Å²) in [6.07, 6.45) is -4.55. The molecule has 0 bridgehead atoms. The number of carbonyl (C=O) groups is 2. The maximum atomic E-state index is 13.2. The molecule has 5 nitrogen and oxygen atoms in total. The summed E-state index contributed by atoms with van der Waals surface area (Å²) in [6, 6.07) is 16.5. The number of ketones is 1. The van der Waals surface area contributed by atoms with Gasteiger partial charge in [-0.1, -0.05) is 36.4 Å². The van der Waals surface area contributed by atoms with E-state index >= 15 is 0 Å². The van der Waals surface area contributed by atoms with Gasteiger partial charge in [-0.05, 0) is 61.4 Å². The van der Waals surface area contributed by atoms with Crippen molar-refractivity contribution in [1.82, 2.24) is 0 Å². The Morgan fingerprint density at radius 1 is 1.00 bits per heavy atom. The highest BCUT2D eigenvalue weighted by Crippen LogP contribution is 2.43. The number of hydrogen-bond acceptors (Lipinski definition) is 4. The van der Waals surface area contributed by atoms with Gasteiger partial charge in [0.2, 0.25) is 0 Å². The molecule has 1 heterocycles. The lowest BCUT2D eigenvalue weighted by Gasteiger charge is -2.27. The molecule has 1 fully saturated rings. The third-order valence-corrected chi connectivity index (χ3v) is 5.82. The van der Waals surface area contributed by atoms with Gasteiger partial charge in [-0.3, -0.25) is 14.5 Å². The lowest BCUT2D eigenvalue weighted by molar-refractivity contribution is -0.137. The van der Waals surface area contributed by atoms with Crippen LogP contribution in [-0.2, 0) is 15.8 Å². The molecule has 3 aromatic carbocycles. The summed E-state index contributed by atoms with van der Waals surface area (Å²) >= 11 is 0. The van der Waals surface area contributed by atoms with Crippen molar-refractivity contribution in [1.29, 1.82) is 0 Å². The zero-order valence-electron chi connectivity index (χ0n) is 19.0. The second-order valence-electron chi connectivity index (χ2n) is 8.03. The average molecular weight is 481 g/mol. The Bertz CT molecular complexity index is 1310. The number of rotatable bonds is 5. The fourth-order valence-corrected chi connectivity index (χ4v) is 4.15. The molecule has 4 rings (SSSR count). The van der Waals surface area contributed by atoms with Gasteiger partial charge < -0.3 is 9.84 Å². The van der Waals surface area contributed by atoms with Gasteiger partial charge in [0, 0.05) is 11.3 Å². The van der Waals surface area contributed by atoms with E-state index in [0.29, 0.717) is 17.9 Å². The van der Waals surface area contributed by atoms with Crippen molar-refractivity contribution in [2.24, 2.45) is 0 Å². The van der Waals surface area contributed by atoms with Crippen LogP contribution in [0.1, 0.15) is 35.2 Å². The molecule has 180 valence electrons. The second kappa shape index (κ2) is 9.29. The first-order chi connectivity index (χ1) is 16.6. The summed E-state index contributed by atoms with van der Waals surface area (Å²) in [6.45, 7) is 3.99. The number of nitrogens with zero attached hydrogens (tertiary/aromatic N) is 1. The van der Waals surface area contributed by atoms with E-state index in [1.54, 1.807) is 62.4 Å². The van der Waals surface area contributed by atoms with Gasteiger partial charge in [0.05, 0.1) is 23.8 Å². The number of hydrogen-bond donors (Lipinski definition) is 1. The fraction of sp³-hybridized carbons (Fsp3) is 0.185. The van der Waals surface area contributed by atoms with Gasteiger partial charge in [0.15, 0.2) is 0 Å². The van der Waals surface area contributed by atoms with Gasteiger partial charge in [0.25, 0.3) is 11.7 Å². The van der Waals surface area contributed by atoms with Gasteiger partial charge in [-0.2, -0.15) is 13.2 Å². The van der Waals surface area contributed by atoms with E-state index in [1.807, 2.05) is 0 Å². The number of aryl methyl sites for hydroxylation is 1. The Morgan fingerprint density at radius 2 is 1.69 bits per heavy atom. The highest BCUT2D eigenvalue weighted by molar-refractivity contribution is 6.51. The molecule has 3 aromatic rings. The van der Waals surface area contributed by atoms with Crippen molar-refractivity contribution in [2.45, 2.75) is 26.1 Å². The molecule has 0 aliphatic carbocycles. The molecular formula is C27H22F3NO4. The van der Waals surface area contributed by atoms with E-state index in [1.165, 1.54) is 0 Å². The maximum Gasteiger partial charge on any atom is 0.416 e. The third kappa shape index (κ3) is 4.51. The molecular weight excluding hydrogens is 459 g/mol. The smallest absolute Gasteiger partial charge is 0.416 e. The van der Waals surface area contributed by atoms with Gasteiger partial charge in [-0.25, -0.2) is 0 Å². The number of aliphatic hydroxyl groups excluding tert-OH is 1. The largest absolute Gasteiger partial charge is 0.507 e. The molecule has 1 amide bonds. The predicted octanol–water partition coefficient (Wildman–Crippen LogP) is 6.04. The topological polar surface area (TPSA) is 66.8 Å². The number of ether oxygens (including phenoxy) is 1.